The monoisotopic (exact) mass is 285 g/mol. The van der Waals surface area contributed by atoms with Crippen molar-refractivity contribution in [3.05, 3.63) is 29.6 Å². The maximum absolute atomic E-state index is 13.7. The van der Waals surface area contributed by atoms with Crippen LogP contribution in [-0.2, 0) is 0 Å². The lowest BCUT2D eigenvalue weighted by Crippen LogP contribution is -2.31. The van der Waals surface area contributed by atoms with Gasteiger partial charge in [-0.25, -0.2) is 4.39 Å². The van der Waals surface area contributed by atoms with Gasteiger partial charge in [0.25, 0.3) is 5.91 Å². The molecular weight excluding hydrogens is 269 g/mol. The Morgan fingerprint density at radius 2 is 2.32 bits per heavy atom. The molecule has 19 heavy (non-hydrogen) atoms. The Balaban J connectivity index is 1.96. The van der Waals surface area contributed by atoms with Crippen LogP contribution < -0.4 is 10.1 Å². The number of carbonyl (C=O) groups excluding carboxylic acids is 1. The van der Waals surface area contributed by atoms with E-state index in [0.29, 0.717) is 12.3 Å². The highest BCUT2D eigenvalue weighted by Crippen LogP contribution is 2.29. The van der Waals surface area contributed by atoms with Crippen molar-refractivity contribution in [1.29, 1.82) is 0 Å². The summed E-state index contributed by atoms with van der Waals surface area (Å²) in [6.45, 7) is 0.498. The normalized spacial score (nSPS) is 22.3. The molecule has 2 atom stereocenters. The predicted octanol–water partition coefficient (Wildman–Crippen LogP) is 2.97. The molecule has 3 nitrogen and oxygen atoms in total. The number of methoxy groups -OCH3 is 1. The zero-order valence-corrected chi connectivity index (χ0v) is 11.5. The van der Waals surface area contributed by atoms with E-state index in [9.17, 15) is 9.18 Å². The first kappa shape index (κ1) is 14.1. The van der Waals surface area contributed by atoms with Crippen LogP contribution in [-0.4, -0.2) is 24.9 Å². The summed E-state index contributed by atoms with van der Waals surface area (Å²) in [5.74, 6) is -0.306. The number of nitrogens with one attached hydrogen (secondary N) is 1. The molecule has 2 rings (SSSR count). The number of benzene rings is 1. The molecule has 0 spiro atoms. The molecule has 1 aromatic rings. The molecule has 104 valence electrons. The van der Waals surface area contributed by atoms with Gasteiger partial charge in [-0.3, -0.25) is 4.79 Å². The average Bonchev–Trinajstić information content (AvgIpc) is 2.81. The minimum absolute atomic E-state index is 0.0323. The summed E-state index contributed by atoms with van der Waals surface area (Å²) >= 11 is 6.14. The van der Waals surface area contributed by atoms with E-state index in [1.807, 2.05) is 0 Å². The van der Waals surface area contributed by atoms with E-state index < -0.39 is 11.7 Å². The molecule has 1 aliphatic carbocycles. The molecule has 1 N–H and O–H groups in total. The molecule has 0 aliphatic heterocycles. The van der Waals surface area contributed by atoms with E-state index in [4.69, 9.17) is 16.3 Å². The van der Waals surface area contributed by atoms with Crippen LogP contribution in [0.5, 0.6) is 5.75 Å². The van der Waals surface area contributed by atoms with Gasteiger partial charge in [0, 0.05) is 18.0 Å². The van der Waals surface area contributed by atoms with Crippen molar-refractivity contribution >= 4 is 17.5 Å². The second-order valence-electron chi connectivity index (χ2n) is 4.76. The van der Waals surface area contributed by atoms with Gasteiger partial charge < -0.3 is 10.1 Å². The molecule has 1 fully saturated rings. The van der Waals surface area contributed by atoms with E-state index in [2.05, 4.69) is 5.32 Å². The van der Waals surface area contributed by atoms with Gasteiger partial charge in [-0.05, 0) is 30.9 Å². The molecule has 1 aliphatic rings. The van der Waals surface area contributed by atoms with Crippen LogP contribution in [0.1, 0.15) is 29.6 Å². The number of ether oxygens (including phenoxy) is 1. The van der Waals surface area contributed by atoms with Crippen LogP contribution in [0.2, 0.25) is 0 Å². The minimum Gasteiger partial charge on any atom is -0.497 e. The Hall–Kier alpha value is -1.29. The second-order valence-corrected chi connectivity index (χ2v) is 5.32. The van der Waals surface area contributed by atoms with Gasteiger partial charge in [0.15, 0.2) is 0 Å². The number of hydrogen-bond donors (Lipinski definition) is 1. The summed E-state index contributed by atoms with van der Waals surface area (Å²) in [6.07, 6.45) is 3.09. The van der Waals surface area contributed by atoms with E-state index in [1.54, 1.807) is 6.07 Å². The van der Waals surface area contributed by atoms with Crippen LogP contribution >= 0.6 is 11.6 Å². The highest BCUT2D eigenvalue weighted by atomic mass is 35.5. The van der Waals surface area contributed by atoms with Crippen molar-refractivity contribution in [3.8, 4) is 5.75 Å². The summed E-state index contributed by atoms with van der Waals surface area (Å²) in [6, 6.07) is 4.20. The molecule has 2 unspecified atom stereocenters. The predicted molar refractivity (Wildman–Crippen MR) is 72.3 cm³/mol. The summed E-state index contributed by atoms with van der Waals surface area (Å²) < 4.78 is 18.6. The summed E-state index contributed by atoms with van der Waals surface area (Å²) in [4.78, 5) is 11.9. The molecule has 1 aromatic carbocycles. The Morgan fingerprint density at radius 3 is 2.89 bits per heavy atom. The van der Waals surface area contributed by atoms with Gasteiger partial charge in [-0.2, -0.15) is 0 Å². The lowest BCUT2D eigenvalue weighted by Gasteiger charge is -2.14. The van der Waals surface area contributed by atoms with Crippen LogP contribution in [0.25, 0.3) is 0 Å². The molecule has 0 heterocycles. The third kappa shape index (κ3) is 3.38. The van der Waals surface area contributed by atoms with Crippen LogP contribution in [0.15, 0.2) is 18.2 Å². The zero-order valence-electron chi connectivity index (χ0n) is 10.8. The maximum atomic E-state index is 13.7. The van der Waals surface area contributed by atoms with Gasteiger partial charge in [-0.1, -0.05) is 6.42 Å². The molecule has 0 saturated heterocycles. The number of amides is 1. The Labute approximate surface area is 117 Å². The first-order valence-corrected chi connectivity index (χ1v) is 6.81. The first-order valence-electron chi connectivity index (χ1n) is 6.37. The lowest BCUT2D eigenvalue weighted by molar-refractivity contribution is 0.0943. The van der Waals surface area contributed by atoms with Crippen LogP contribution in [0.3, 0.4) is 0 Å². The van der Waals surface area contributed by atoms with Gasteiger partial charge in [0.2, 0.25) is 0 Å². The standard InChI is InChI=1S/C14H17ClFNO2/c1-19-10-5-6-11(13(16)7-10)14(18)17-8-9-3-2-4-12(9)15/h5-7,9,12H,2-4,8H2,1H3,(H,17,18). The van der Waals surface area contributed by atoms with Crippen molar-refractivity contribution in [3.63, 3.8) is 0 Å². The van der Waals surface area contributed by atoms with Crippen molar-refractivity contribution in [1.82, 2.24) is 5.32 Å². The van der Waals surface area contributed by atoms with Crippen molar-refractivity contribution in [2.45, 2.75) is 24.6 Å². The fraction of sp³-hybridized carbons (Fsp3) is 0.500. The summed E-state index contributed by atoms with van der Waals surface area (Å²) in [5.41, 5.74) is 0.0323. The quantitative estimate of drug-likeness (QED) is 0.864. The van der Waals surface area contributed by atoms with Gasteiger partial charge >= 0.3 is 0 Å². The van der Waals surface area contributed by atoms with Gasteiger partial charge in [0.05, 0.1) is 12.7 Å². The number of hydrogen-bond acceptors (Lipinski definition) is 2. The van der Waals surface area contributed by atoms with Crippen molar-refractivity contribution in [2.75, 3.05) is 13.7 Å². The van der Waals surface area contributed by atoms with Crippen LogP contribution in [0.4, 0.5) is 4.39 Å². The smallest absolute Gasteiger partial charge is 0.254 e. The van der Waals surface area contributed by atoms with E-state index >= 15 is 0 Å². The Bertz CT molecular complexity index is 467. The topological polar surface area (TPSA) is 38.3 Å². The molecule has 0 radical (unpaired) electrons. The third-order valence-corrected chi connectivity index (χ3v) is 4.09. The van der Waals surface area contributed by atoms with E-state index in [0.717, 1.165) is 19.3 Å². The first-order chi connectivity index (χ1) is 9.11. The number of carbonyl (C=O) groups is 1. The number of alkyl halides is 1. The highest BCUT2D eigenvalue weighted by molar-refractivity contribution is 6.21. The minimum atomic E-state index is -0.578. The van der Waals surface area contributed by atoms with Gasteiger partial charge in [-0.15, -0.1) is 11.6 Å². The summed E-state index contributed by atoms with van der Waals surface area (Å²) in [7, 11) is 1.45. The maximum Gasteiger partial charge on any atom is 0.254 e. The molecule has 1 saturated carbocycles. The fourth-order valence-electron chi connectivity index (χ4n) is 2.35. The van der Waals surface area contributed by atoms with Crippen molar-refractivity contribution in [2.24, 2.45) is 5.92 Å². The molecule has 0 aromatic heterocycles. The SMILES string of the molecule is COc1ccc(C(=O)NCC2CCCC2Cl)c(F)c1. The third-order valence-electron chi connectivity index (χ3n) is 3.51. The summed E-state index contributed by atoms with van der Waals surface area (Å²) in [5, 5.41) is 2.86. The zero-order chi connectivity index (χ0) is 13.8. The highest BCUT2D eigenvalue weighted by Gasteiger charge is 2.25. The molecule has 5 heteroatoms. The fourth-order valence-corrected chi connectivity index (χ4v) is 2.72. The Kier molecular flexibility index (Phi) is 4.64. The van der Waals surface area contributed by atoms with Crippen molar-refractivity contribution < 1.29 is 13.9 Å². The van der Waals surface area contributed by atoms with E-state index in [1.165, 1.54) is 19.2 Å². The largest absolute Gasteiger partial charge is 0.497 e. The van der Waals surface area contributed by atoms with Gasteiger partial charge in [0.1, 0.15) is 11.6 Å². The molecule has 0 bridgehead atoms. The lowest BCUT2D eigenvalue weighted by atomic mass is 10.1. The second kappa shape index (κ2) is 6.24. The number of halogens is 2. The van der Waals surface area contributed by atoms with E-state index in [-0.39, 0.29) is 16.9 Å². The van der Waals surface area contributed by atoms with Crippen LogP contribution in [0, 0.1) is 11.7 Å². The number of rotatable bonds is 4. The average molecular weight is 286 g/mol. The Morgan fingerprint density at radius 1 is 1.53 bits per heavy atom. The molecular formula is C14H17ClFNO2. The molecule has 1 amide bonds.